The molecule has 7 heteroatoms. The minimum absolute atomic E-state index is 0.147. The van der Waals surface area contributed by atoms with Crippen LogP contribution in [0.5, 0.6) is 0 Å². The van der Waals surface area contributed by atoms with Crippen molar-refractivity contribution in [2.75, 3.05) is 0 Å². The van der Waals surface area contributed by atoms with E-state index in [2.05, 4.69) is 5.32 Å². The molecule has 1 amide bonds. The zero-order valence-electron chi connectivity index (χ0n) is 24.2. The molecular formula is C36H39NO6. The zero-order chi connectivity index (χ0) is 29.7. The molecule has 0 heterocycles. The van der Waals surface area contributed by atoms with Crippen molar-refractivity contribution in [3.63, 3.8) is 0 Å². The van der Waals surface area contributed by atoms with Gasteiger partial charge in [0.2, 0.25) is 0 Å². The van der Waals surface area contributed by atoms with Crippen molar-refractivity contribution in [3.05, 3.63) is 144 Å². The fourth-order valence-electron chi connectivity index (χ4n) is 5.29. The topological polar surface area (TPSA) is 86.3 Å². The predicted molar refractivity (Wildman–Crippen MR) is 164 cm³/mol. The van der Waals surface area contributed by atoms with E-state index in [0.29, 0.717) is 32.7 Å². The Morgan fingerprint density at radius 1 is 0.558 bits per heavy atom. The number of carbonyl (C=O) groups is 1. The van der Waals surface area contributed by atoms with Gasteiger partial charge in [-0.25, -0.2) is 4.79 Å². The Labute approximate surface area is 253 Å². The first kappa shape index (κ1) is 30.4. The summed E-state index contributed by atoms with van der Waals surface area (Å²) in [5, 5.41) is 14.4. The molecule has 5 rings (SSSR count). The number of aliphatic hydroxyl groups is 1. The lowest BCUT2D eigenvalue weighted by Crippen LogP contribution is -2.54. The maximum Gasteiger partial charge on any atom is 0.407 e. The van der Waals surface area contributed by atoms with Gasteiger partial charge in [0.05, 0.1) is 32.0 Å². The molecule has 7 nitrogen and oxygen atoms in total. The molecule has 0 unspecified atom stereocenters. The molecule has 0 saturated heterocycles. The first-order valence-electron chi connectivity index (χ1n) is 14.8. The molecule has 0 radical (unpaired) electrons. The summed E-state index contributed by atoms with van der Waals surface area (Å²) in [6, 6.07) is 38.6. The second kappa shape index (κ2) is 16.0. The van der Waals surface area contributed by atoms with Crippen molar-refractivity contribution < 1.29 is 28.8 Å². The Bertz CT molecular complexity index is 1360. The molecule has 1 saturated carbocycles. The van der Waals surface area contributed by atoms with Crippen LogP contribution in [0.25, 0.3) is 0 Å². The molecule has 0 aromatic heterocycles. The SMILES string of the molecule is O=C(N[C@H]1CC[C@@H](O)[C@@H](OCc2ccccc2)[C@@H](OCc2ccccc2)[C@@H]1OCc1ccccc1)OCc1ccccc1. The van der Waals surface area contributed by atoms with Crippen LogP contribution in [0.2, 0.25) is 0 Å². The molecule has 0 spiro atoms. The average molecular weight is 582 g/mol. The maximum absolute atomic E-state index is 13.1. The van der Waals surface area contributed by atoms with Gasteiger partial charge >= 0.3 is 6.09 Å². The molecule has 1 aliphatic carbocycles. The highest BCUT2D eigenvalue weighted by atomic mass is 16.6. The third-order valence-corrected chi connectivity index (χ3v) is 7.57. The Hall–Kier alpha value is -4.01. The summed E-state index contributed by atoms with van der Waals surface area (Å²) in [6.45, 7) is 1.04. The number of rotatable bonds is 12. The van der Waals surface area contributed by atoms with E-state index in [4.69, 9.17) is 18.9 Å². The van der Waals surface area contributed by atoms with Gasteiger partial charge in [0.25, 0.3) is 0 Å². The van der Waals surface area contributed by atoms with Crippen LogP contribution in [-0.2, 0) is 45.4 Å². The highest BCUT2D eigenvalue weighted by molar-refractivity contribution is 5.67. The van der Waals surface area contributed by atoms with E-state index in [1.165, 1.54) is 0 Å². The zero-order valence-corrected chi connectivity index (χ0v) is 24.2. The quantitative estimate of drug-likeness (QED) is 0.194. The number of carbonyl (C=O) groups excluding carboxylic acids is 1. The Morgan fingerprint density at radius 2 is 0.953 bits per heavy atom. The molecular weight excluding hydrogens is 542 g/mol. The van der Waals surface area contributed by atoms with Gasteiger partial charge < -0.3 is 29.4 Å². The van der Waals surface area contributed by atoms with Crippen LogP contribution in [0.15, 0.2) is 121 Å². The van der Waals surface area contributed by atoms with E-state index in [1.54, 1.807) is 0 Å². The largest absolute Gasteiger partial charge is 0.445 e. The molecule has 0 aliphatic heterocycles. The second-order valence-corrected chi connectivity index (χ2v) is 10.7. The molecule has 5 atom stereocenters. The molecule has 4 aromatic carbocycles. The summed E-state index contributed by atoms with van der Waals surface area (Å²) in [4.78, 5) is 13.1. The lowest BCUT2D eigenvalue weighted by atomic mass is 10.0. The molecule has 224 valence electrons. The first-order chi connectivity index (χ1) is 21.2. The number of alkyl carbamates (subject to hydrolysis) is 1. The van der Waals surface area contributed by atoms with Gasteiger partial charge in [-0.2, -0.15) is 0 Å². The molecule has 1 fully saturated rings. The lowest BCUT2D eigenvalue weighted by Gasteiger charge is -2.36. The van der Waals surface area contributed by atoms with E-state index in [-0.39, 0.29) is 6.61 Å². The summed E-state index contributed by atoms with van der Waals surface area (Å²) in [7, 11) is 0. The number of nitrogens with one attached hydrogen (secondary N) is 1. The van der Waals surface area contributed by atoms with Gasteiger partial charge in [-0.1, -0.05) is 121 Å². The van der Waals surface area contributed by atoms with E-state index >= 15 is 0 Å². The number of amides is 1. The number of benzene rings is 4. The van der Waals surface area contributed by atoms with Crippen molar-refractivity contribution in [1.29, 1.82) is 0 Å². The van der Waals surface area contributed by atoms with Crippen LogP contribution in [0, 0.1) is 0 Å². The summed E-state index contributed by atoms with van der Waals surface area (Å²) < 4.78 is 25.1. The van der Waals surface area contributed by atoms with Crippen molar-refractivity contribution >= 4 is 6.09 Å². The van der Waals surface area contributed by atoms with Crippen LogP contribution in [0.3, 0.4) is 0 Å². The number of ether oxygens (including phenoxy) is 4. The van der Waals surface area contributed by atoms with Crippen molar-refractivity contribution in [2.45, 2.75) is 69.7 Å². The van der Waals surface area contributed by atoms with Crippen LogP contribution >= 0.6 is 0 Å². The number of aliphatic hydroxyl groups excluding tert-OH is 1. The van der Waals surface area contributed by atoms with Crippen molar-refractivity contribution in [3.8, 4) is 0 Å². The Kier molecular flexibility index (Phi) is 11.3. The minimum atomic E-state index is -0.834. The van der Waals surface area contributed by atoms with Crippen LogP contribution in [0.1, 0.15) is 35.1 Å². The fourth-order valence-corrected chi connectivity index (χ4v) is 5.29. The smallest absolute Gasteiger partial charge is 0.407 e. The van der Waals surface area contributed by atoms with E-state index in [9.17, 15) is 9.90 Å². The summed E-state index contributed by atoms with van der Waals surface area (Å²) >= 11 is 0. The van der Waals surface area contributed by atoms with Gasteiger partial charge in [-0.3, -0.25) is 0 Å². The monoisotopic (exact) mass is 581 g/mol. The first-order valence-corrected chi connectivity index (χ1v) is 14.8. The highest BCUT2D eigenvalue weighted by Gasteiger charge is 2.44. The van der Waals surface area contributed by atoms with Gasteiger partial charge in [0, 0.05) is 0 Å². The fraction of sp³-hybridized carbons (Fsp3) is 0.306. The van der Waals surface area contributed by atoms with E-state index in [1.807, 2.05) is 121 Å². The summed E-state index contributed by atoms with van der Waals surface area (Å²) in [5.74, 6) is 0. The normalized spacial score (nSPS) is 21.9. The second-order valence-electron chi connectivity index (χ2n) is 10.7. The number of hydrogen-bond acceptors (Lipinski definition) is 6. The van der Waals surface area contributed by atoms with Crippen LogP contribution in [-0.4, -0.2) is 41.7 Å². The molecule has 1 aliphatic rings. The van der Waals surface area contributed by atoms with Gasteiger partial charge in [0.1, 0.15) is 24.9 Å². The lowest BCUT2D eigenvalue weighted by molar-refractivity contribution is -0.176. The standard InChI is InChI=1S/C36H39NO6/c38-32-22-21-31(37-36(39)43-26-30-19-11-4-12-20-30)33(40-23-27-13-5-1-6-14-27)35(42-25-29-17-9-3-10-18-29)34(32)41-24-28-15-7-2-8-16-28/h1-20,31-35,38H,21-26H2,(H,37,39)/t31-,32+,33+,34+,35-/m0/s1. The van der Waals surface area contributed by atoms with Crippen LogP contribution < -0.4 is 5.32 Å². The van der Waals surface area contributed by atoms with Crippen molar-refractivity contribution in [2.24, 2.45) is 0 Å². The van der Waals surface area contributed by atoms with E-state index in [0.717, 1.165) is 22.3 Å². The van der Waals surface area contributed by atoms with E-state index < -0.39 is 36.6 Å². The van der Waals surface area contributed by atoms with Crippen molar-refractivity contribution in [1.82, 2.24) is 5.32 Å². The van der Waals surface area contributed by atoms with Crippen LogP contribution in [0.4, 0.5) is 4.79 Å². The Morgan fingerprint density at radius 3 is 1.42 bits per heavy atom. The molecule has 0 bridgehead atoms. The summed E-state index contributed by atoms with van der Waals surface area (Å²) in [6.07, 6.45) is -2.56. The van der Waals surface area contributed by atoms with Gasteiger partial charge in [0.15, 0.2) is 0 Å². The number of hydrogen-bond donors (Lipinski definition) is 2. The van der Waals surface area contributed by atoms with Gasteiger partial charge in [-0.15, -0.1) is 0 Å². The molecule has 2 N–H and O–H groups in total. The average Bonchev–Trinajstić information content (AvgIpc) is 3.18. The summed E-state index contributed by atoms with van der Waals surface area (Å²) in [5.41, 5.74) is 3.85. The third-order valence-electron chi connectivity index (χ3n) is 7.57. The molecule has 43 heavy (non-hydrogen) atoms. The minimum Gasteiger partial charge on any atom is -0.445 e. The Balaban J connectivity index is 1.39. The maximum atomic E-state index is 13.1. The molecule has 4 aromatic rings. The van der Waals surface area contributed by atoms with Gasteiger partial charge in [-0.05, 0) is 35.1 Å². The third kappa shape index (κ3) is 9.24. The predicted octanol–water partition coefficient (Wildman–Crippen LogP) is 6.19. The highest BCUT2D eigenvalue weighted by Crippen LogP contribution is 2.29.